The van der Waals surface area contributed by atoms with Crippen molar-refractivity contribution in [2.75, 3.05) is 12.5 Å². The highest BCUT2D eigenvalue weighted by atomic mass is 32.1. The number of aromatic nitrogens is 1. The lowest BCUT2D eigenvalue weighted by Gasteiger charge is -2.06. The first kappa shape index (κ1) is 19.8. The van der Waals surface area contributed by atoms with Crippen LogP contribution in [-0.4, -0.2) is 17.8 Å². The molecule has 0 radical (unpaired) electrons. The van der Waals surface area contributed by atoms with Gasteiger partial charge in [-0.2, -0.15) is 5.10 Å². The number of methoxy groups -OCH3 is 1. The van der Waals surface area contributed by atoms with E-state index in [4.69, 9.17) is 9.15 Å². The van der Waals surface area contributed by atoms with E-state index in [2.05, 4.69) is 47.6 Å². The number of hydrogen-bond acceptors (Lipinski definition) is 7. The van der Waals surface area contributed by atoms with Crippen LogP contribution in [0.4, 0.5) is 5.13 Å². The van der Waals surface area contributed by atoms with Crippen molar-refractivity contribution in [3.63, 3.8) is 0 Å². The van der Waals surface area contributed by atoms with Gasteiger partial charge in [0.05, 0.1) is 24.1 Å². The second-order valence-corrected chi connectivity index (χ2v) is 7.85. The van der Waals surface area contributed by atoms with Crippen LogP contribution in [0.2, 0.25) is 0 Å². The molecule has 0 aliphatic heterocycles. The Labute approximate surface area is 177 Å². The van der Waals surface area contributed by atoms with E-state index in [9.17, 15) is 4.79 Å². The highest BCUT2D eigenvalue weighted by Gasteiger charge is 2.12. The number of fused-ring (bicyclic) bond motifs is 1. The first-order valence-corrected chi connectivity index (χ1v) is 10.3. The molecule has 0 spiro atoms. The number of hydrogen-bond donors (Lipinski definition) is 1. The van der Waals surface area contributed by atoms with Crippen molar-refractivity contribution < 1.29 is 9.15 Å². The summed E-state index contributed by atoms with van der Waals surface area (Å²) in [6.45, 7) is 5.90. The molecule has 1 N–H and O–H groups in total. The average molecular weight is 420 g/mol. The van der Waals surface area contributed by atoms with E-state index >= 15 is 0 Å². The number of thiazole rings is 1. The maximum atomic E-state index is 12.5. The maximum absolute atomic E-state index is 12.5. The van der Waals surface area contributed by atoms with E-state index in [1.165, 1.54) is 22.5 Å². The van der Waals surface area contributed by atoms with Gasteiger partial charge in [0.1, 0.15) is 0 Å². The fourth-order valence-electron chi connectivity index (χ4n) is 3.27. The highest BCUT2D eigenvalue weighted by Crippen LogP contribution is 2.28. The average Bonchev–Trinajstić information content (AvgIpc) is 3.19. The summed E-state index contributed by atoms with van der Waals surface area (Å²) in [5.74, 6) is 0.519. The van der Waals surface area contributed by atoms with E-state index in [1.807, 2.05) is 17.5 Å². The van der Waals surface area contributed by atoms with Crippen molar-refractivity contribution in [3.05, 3.63) is 75.0 Å². The first-order valence-electron chi connectivity index (χ1n) is 9.41. The van der Waals surface area contributed by atoms with Gasteiger partial charge in [-0.25, -0.2) is 9.78 Å². The molecule has 152 valence electrons. The maximum Gasteiger partial charge on any atom is 0.345 e. The number of anilines is 1. The summed E-state index contributed by atoms with van der Waals surface area (Å²) >= 11 is 1.46. The molecule has 0 atom stereocenters. The van der Waals surface area contributed by atoms with Gasteiger partial charge >= 0.3 is 5.63 Å². The van der Waals surface area contributed by atoms with Gasteiger partial charge in [0.25, 0.3) is 0 Å². The van der Waals surface area contributed by atoms with Crippen molar-refractivity contribution in [3.8, 4) is 17.0 Å². The number of ether oxygens (including phenoxy) is 1. The molecule has 0 saturated carbocycles. The Morgan fingerprint density at radius 2 is 2.03 bits per heavy atom. The van der Waals surface area contributed by atoms with Crippen LogP contribution in [0.1, 0.15) is 23.6 Å². The van der Waals surface area contributed by atoms with Crippen LogP contribution in [0.25, 0.3) is 22.2 Å². The van der Waals surface area contributed by atoms with Crippen LogP contribution in [0.3, 0.4) is 0 Å². The molecule has 7 heteroatoms. The summed E-state index contributed by atoms with van der Waals surface area (Å²) in [4.78, 5) is 17.1. The van der Waals surface area contributed by atoms with Gasteiger partial charge in [-0.1, -0.05) is 35.9 Å². The number of aryl methyl sites for hydroxylation is 2. The van der Waals surface area contributed by atoms with Crippen LogP contribution >= 0.6 is 11.3 Å². The molecule has 0 saturated heterocycles. The highest BCUT2D eigenvalue weighted by molar-refractivity contribution is 7.14. The predicted molar refractivity (Wildman–Crippen MR) is 122 cm³/mol. The number of nitrogens with zero attached hydrogens (tertiary/aromatic N) is 2. The molecule has 4 rings (SSSR count). The van der Waals surface area contributed by atoms with E-state index in [-0.39, 0.29) is 0 Å². The van der Waals surface area contributed by atoms with Crippen LogP contribution < -0.4 is 15.8 Å². The van der Waals surface area contributed by atoms with Crippen molar-refractivity contribution in [2.24, 2.45) is 5.10 Å². The monoisotopic (exact) mass is 419 g/mol. The number of nitrogens with one attached hydrogen (secondary N) is 1. The second kappa shape index (κ2) is 8.12. The molecule has 4 aromatic rings. The number of benzene rings is 2. The van der Waals surface area contributed by atoms with Crippen molar-refractivity contribution in [1.82, 2.24) is 4.98 Å². The van der Waals surface area contributed by atoms with Gasteiger partial charge in [-0.15, -0.1) is 11.3 Å². The third-order valence-electron chi connectivity index (χ3n) is 4.81. The number of rotatable bonds is 5. The second-order valence-electron chi connectivity index (χ2n) is 6.99. The van der Waals surface area contributed by atoms with Crippen molar-refractivity contribution in [2.45, 2.75) is 20.8 Å². The van der Waals surface area contributed by atoms with E-state index in [0.717, 1.165) is 16.6 Å². The van der Waals surface area contributed by atoms with Gasteiger partial charge in [-0.05, 0) is 38.5 Å². The SMILES string of the molecule is COc1cccc2cc(/C(C)=N/Nc3nc(-c4ccc(C)cc4C)cs3)c(=O)oc12. The minimum absolute atomic E-state index is 0.384. The molecular weight excluding hydrogens is 398 g/mol. The Morgan fingerprint density at radius 3 is 2.80 bits per heavy atom. The third-order valence-corrected chi connectivity index (χ3v) is 5.56. The number of para-hydroxylation sites is 1. The van der Waals surface area contributed by atoms with Gasteiger partial charge in [0, 0.05) is 16.3 Å². The molecule has 0 aliphatic carbocycles. The molecular formula is C23H21N3O3S. The predicted octanol–water partition coefficient (Wildman–Crippen LogP) is 5.38. The molecule has 0 amide bonds. The van der Waals surface area contributed by atoms with Crippen LogP contribution in [0, 0.1) is 13.8 Å². The van der Waals surface area contributed by atoms with Crippen LogP contribution in [0.5, 0.6) is 5.75 Å². The molecule has 0 fully saturated rings. The molecule has 0 aliphatic rings. The lowest BCUT2D eigenvalue weighted by molar-refractivity contribution is 0.406. The normalized spacial score (nSPS) is 11.7. The van der Waals surface area contributed by atoms with Gasteiger partial charge < -0.3 is 9.15 Å². The summed E-state index contributed by atoms with van der Waals surface area (Å²) in [7, 11) is 1.54. The standard InChI is InChI=1S/C23H21N3O3S/c1-13-8-9-17(14(2)10-13)19-12-30-23(24-19)26-25-15(3)18-11-16-6-5-7-20(28-4)21(16)29-22(18)27/h5-12H,1-4H3,(H,24,26)/b25-15+. The number of hydrazone groups is 1. The first-order chi connectivity index (χ1) is 14.5. The molecule has 2 aromatic heterocycles. The Morgan fingerprint density at radius 1 is 1.20 bits per heavy atom. The van der Waals surface area contributed by atoms with Crippen LogP contribution in [-0.2, 0) is 0 Å². The molecule has 2 heterocycles. The zero-order valence-corrected chi connectivity index (χ0v) is 18.0. The summed E-state index contributed by atoms with van der Waals surface area (Å²) in [5, 5.41) is 7.75. The Kier molecular flexibility index (Phi) is 5.37. The zero-order valence-electron chi connectivity index (χ0n) is 17.1. The summed E-state index contributed by atoms with van der Waals surface area (Å²) < 4.78 is 10.7. The molecule has 30 heavy (non-hydrogen) atoms. The zero-order chi connectivity index (χ0) is 21.3. The minimum Gasteiger partial charge on any atom is -0.493 e. The molecule has 0 unspecified atom stereocenters. The summed E-state index contributed by atoms with van der Waals surface area (Å²) in [6, 6.07) is 13.5. The Bertz CT molecular complexity index is 1320. The smallest absolute Gasteiger partial charge is 0.345 e. The van der Waals surface area contributed by atoms with Crippen molar-refractivity contribution in [1.29, 1.82) is 0 Å². The third kappa shape index (κ3) is 3.84. The molecule has 2 aromatic carbocycles. The minimum atomic E-state index is -0.467. The fraction of sp³-hybridized carbons (Fsp3) is 0.174. The van der Waals surface area contributed by atoms with E-state index < -0.39 is 5.63 Å². The van der Waals surface area contributed by atoms with Crippen molar-refractivity contribution >= 4 is 33.1 Å². The van der Waals surface area contributed by atoms with Crippen LogP contribution in [0.15, 0.2) is 62.2 Å². The van der Waals surface area contributed by atoms with E-state index in [1.54, 1.807) is 26.2 Å². The summed E-state index contributed by atoms with van der Waals surface area (Å²) in [5.41, 5.74) is 8.18. The van der Waals surface area contributed by atoms with Gasteiger partial charge in [0.15, 0.2) is 11.3 Å². The lowest BCUT2D eigenvalue weighted by atomic mass is 10.0. The van der Waals surface area contributed by atoms with Gasteiger partial charge in [0.2, 0.25) is 5.13 Å². The molecule has 0 bridgehead atoms. The summed E-state index contributed by atoms with van der Waals surface area (Å²) in [6.07, 6.45) is 0. The van der Waals surface area contributed by atoms with E-state index in [0.29, 0.717) is 27.7 Å². The molecule has 6 nitrogen and oxygen atoms in total. The topological polar surface area (TPSA) is 76.7 Å². The Hall–Kier alpha value is -3.45. The fourth-order valence-corrected chi connectivity index (χ4v) is 3.92. The quantitative estimate of drug-likeness (QED) is 0.267. The lowest BCUT2D eigenvalue weighted by Crippen LogP contribution is -2.13. The largest absolute Gasteiger partial charge is 0.493 e. The van der Waals surface area contributed by atoms with Gasteiger partial charge in [-0.3, -0.25) is 5.43 Å². The Balaban J connectivity index is 1.60.